The van der Waals surface area contributed by atoms with Gasteiger partial charge in [0.1, 0.15) is 11.6 Å². The van der Waals surface area contributed by atoms with Crippen LogP contribution in [0.2, 0.25) is 0 Å². The van der Waals surface area contributed by atoms with E-state index in [4.69, 9.17) is 0 Å². The van der Waals surface area contributed by atoms with Gasteiger partial charge in [-0.2, -0.15) is 0 Å². The van der Waals surface area contributed by atoms with E-state index < -0.39 is 17.2 Å². The lowest BCUT2D eigenvalue weighted by molar-refractivity contribution is 0.0701. The maximum absolute atomic E-state index is 14.1. The quantitative estimate of drug-likeness (QED) is 0.813. The number of nitrogens with zero attached hydrogens (tertiary/aromatic N) is 1. The van der Waals surface area contributed by atoms with Crippen LogP contribution in [0.4, 0.5) is 14.5 Å². The molecule has 1 aromatic carbocycles. The zero-order valence-corrected chi connectivity index (χ0v) is 11.4. The molecule has 0 amide bonds. The Morgan fingerprint density at radius 1 is 1.39 bits per heavy atom. The Kier molecular flexibility index (Phi) is 4.22. The van der Waals surface area contributed by atoms with Crippen molar-refractivity contribution in [3.8, 4) is 0 Å². The Labute approximate surface area is 106 Å². The molecule has 1 aromatic rings. The molecule has 0 saturated heterocycles. The molecule has 0 aliphatic rings. The molecule has 0 spiro atoms. The second-order valence-electron chi connectivity index (χ2n) is 4.95. The van der Waals surface area contributed by atoms with Gasteiger partial charge in [-0.1, -0.05) is 6.92 Å². The molecular formula is C14H19F2NO. The standard InChI is InChI=1S/C14H19F2NO/c1-6-8(2)17-11-7-10(15)12(14(4,5)18)13(16)9(11)3/h7,18H,6H2,1-5H3. The maximum atomic E-state index is 14.1. The summed E-state index contributed by atoms with van der Waals surface area (Å²) in [5, 5.41) is 9.78. The molecule has 0 bridgehead atoms. The maximum Gasteiger partial charge on any atom is 0.137 e. The highest BCUT2D eigenvalue weighted by molar-refractivity contribution is 5.84. The van der Waals surface area contributed by atoms with Crippen molar-refractivity contribution in [1.29, 1.82) is 0 Å². The minimum atomic E-state index is -1.55. The van der Waals surface area contributed by atoms with Gasteiger partial charge in [-0.25, -0.2) is 8.78 Å². The van der Waals surface area contributed by atoms with Gasteiger partial charge >= 0.3 is 0 Å². The highest BCUT2D eigenvalue weighted by Crippen LogP contribution is 2.33. The van der Waals surface area contributed by atoms with E-state index in [-0.39, 0.29) is 16.8 Å². The van der Waals surface area contributed by atoms with Crippen LogP contribution >= 0.6 is 0 Å². The number of hydrogen-bond acceptors (Lipinski definition) is 2. The van der Waals surface area contributed by atoms with E-state index in [1.807, 2.05) is 6.92 Å². The van der Waals surface area contributed by atoms with Crippen LogP contribution in [0, 0.1) is 18.6 Å². The summed E-state index contributed by atoms with van der Waals surface area (Å²) in [7, 11) is 0. The molecule has 100 valence electrons. The Hall–Kier alpha value is -1.29. The Balaban J connectivity index is 3.48. The highest BCUT2D eigenvalue weighted by Gasteiger charge is 2.27. The molecule has 0 atom stereocenters. The minimum absolute atomic E-state index is 0.251. The fourth-order valence-corrected chi connectivity index (χ4v) is 1.67. The van der Waals surface area contributed by atoms with Gasteiger partial charge in [0, 0.05) is 17.3 Å². The zero-order valence-electron chi connectivity index (χ0n) is 11.4. The van der Waals surface area contributed by atoms with E-state index in [0.29, 0.717) is 0 Å². The first-order valence-electron chi connectivity index (χ1n) is 5.94. The minimum Gasteiger partial charge on any atom is -0.386 e. The predicted octanol–water partition coefficient (Wildman–Crippen LogP) is 4.00. The lowest BCUT2D eigenvalue weighted by Crippen LogP contribution is -2.20. The van der Waals surface area contributed by atoms with Crippen molar-refractivity contribution in [3.05, 3.63) is 28.8 Å². The van der Waals surface area contributed by atoms with E-state index in [0.717, 1.165) is 12.1 Å². The van der Waals surface area contributed by atoms with Crippen molar-refractivity contribution in [2.45, 2.75) is 46.6 Å². The summed E-state index contributed by atoms with van der Waals surface area (Å²) < 4.78 is 28.0. The summed E-state index contributed by atoms with van der Waals surface area (Å²) in [6, 6.07) is 1.17. The summed E-state index contributed by atoms with van der Waals surface area (Å²) in [5.74, 6) is -1.50. The molecule has 0 saturated carbocycles. The van der Waals surface area contributed by atoms with Gasteiger partial charge in [0.05, 0.1) is 16.9 Å². The van der Waals surface area contributed by atoms with Crippen molar-refractivity contribution in [2.24, 2.45) is 4.99 Å². The van der Waals surface area contributed by atoms with Crippen LogP contribution in [0.5, 0.6) is 0 Å². The van der Waals surface area contributed by atoms with Crippen molar-refractivity contribution in [3.63, 3.8) is 0 Å². The van der Waals surface area contributed by atoms with Crippen molar-refractivity contribution in [1.82, 2.24) is 0 Å². The lowest BCUT2D eigenvalue weighted by atomic mass is 9.94. The number of aliphatic imine (C=N–C) groups is 1. The highest BCUT2D eigenvalue weighted by atomic mass is 19.1. The fourth-order valence-electron chi connectivity index (χ4n) is 1.67. The summed E-state index contributed by atoms with van der Waals surface area (Å²) in [4.78, 5) is 4.18. The molecule has 0 aromatic heterocycles. The summed E-state index contributed by atoms with van der Waals surface area (Å²) in [5.41, 5.74) is -0.541. The number of halogens is 2. The SMILES string of the molecule is CCC(C)=Nc1cc(F)c(C(C)(C)O)c(F)c1C. The van der Waals surface area contributed by atoms with E-state index >= 15 is 0 Å². The first-order valence-corrected chi connectivity index (χ1v) is 5.94. The number of aliphatic hydroxyl groups is 1. The van der Waals surface area contributed by atoms with Gasteiger partial charge in [0.25, 0.3) is 0 Å². The van der Waals surface area contributed by atoms with E-state index in [2.05, 4.69) is 4.99 Å². The molecule has 0 unspecified atom stereocenters. The van der Waals surface area contributed by atoms with Gasteiger partial charge < -0.3 is 5.11 Å². The van der Waals surface area contributed by atoms with Crippen LogP contribution in [0.25, 0.3) is 0 Å². The van der Waals surface area contributed by atoms with Crippen LogP contribution in [0.15, 0.2) is 11.1 Å². The molecule has 1 N–H and O–H groups in total. The largest absolute Gasteiger partial charge is 0.386 e. The molecule has 0 radical (unpaired) electrons. The van der Waals surface area contributed by atoms with Crippen LogP contribution in [-0.2, 0) is 5.60 Å². The van der Waals surface area contributed by atoms with Gasteiger partial charge in [-0.3, -0.25) is 4.99 Å². The third-order valence-corrected chi connectivity index (χ3v) is 2.87. The average Bonchev–Trinajstić information content (AvgIpc) is 2.23. The summed E-state index contributed by atoms with van der Waals surface area (Å²) in [6.45, 7) is 7.97. The van der Waals surface area contributed by atoms with Crippen molar-refractivity contribution in [2.75, 3.05) is 0 Å². The number of hydrogen-bond donors (Lipinski definition) is 1. The monoisotopic (exact) mass is 255 g/mol. The van der Waals surface area contributed by atoms with E-state index in [1.54, 1.807) is 6.92 Å². The molecule has 1 rings (SSSR count). The second kappa shape index (κ2) is 5.14. The molecule has 0 aliphatic heterocycles. The molecule has 0 aliphatic carbocycles. The molecule has 0 fully saturated rings. The van der Waals surface area contributed by atoms with Crippen LogP contribution in [-0.4, -0.2) is 10.8 Å². The number of rotatable bonds is 3. The zero-order chi connectivity index (χ0) is 14.1. The molecule has 4 heteroatoms. The predicted molar refractivity (Wildman–Crippen MR) is 69.4 cm³/mol. The molecule has 0 heterocycles. The Bertz CT molecular complexity index is 488. The first-order chi connectivity index (χ1) is 8.18. The van der Waals surface area contributed by atoms with Gasteiger partial charge in [0.2, 0.25) is 0 Å². The molecular weight excluding hydrogens is 236 g/mol. The normalized spacial score (nSPS) is 13.0. The van der Waals surface area contributed by atoms with Gasteiger partial charge in [0.15, 0.2) is 0 Å². The van der Waals surface area contributed by atoms with Gasteiger partial charge in [-0.05, 0) is 34.1 Å². The Morgan fingerprint density at radius 2 is 1.94 bits per heavy atom. The first kappa shape index (κ1) is 14.8. The topological polar surface area (TPSA) is 32.6 Å². The third kappa shape index (κ3) is 2.93. The van der Waals surface area contributed by atoms with E-state index in [9.17, 15) is 13.9 Å². The Morgan fingerprint density at radius 3 is 2.39 bits per heavy atom. The second-order valence-corrected chi connectivity index (χ2v) is 4.95. The van der Waals surface area contributed by atoms with Crippen LogP contribution < -0.4 is 0 Å². The smallest absolute Gasteiger partial charge is 0.137 e. The summed E-state index contributed by atoms with van der Waals surface area (Å²) in [6.07, 6.45) is 0.718. The van der Waals surface area contributed by atoms with E-state index in [1.165, 1.54) is 26.8 Å². The third-order valence-electron chi connectivity index (χ3n) is 2.87. The van der Waals surface area contributed by atoms with Crippen LogP contribution in [0.1, 0.15) is 45.2 Å². The van der Waals surface area contributed by atoms with Crippen molar-refractivity contribution < 1.29 is 13.9 Å². The molecule has 2 nitrogen and oxygen atoms in total. The average molecular weight is 255 g/mol. The lowest BCUT2D eigenvalue weighted by Gasteiger charge is -2.21. The summed E-state index contributed by atoms with van der Waals surface area (Å²) >= 11 is 0. The van der Waals surface area contributed by atoms with Crippen molar-refractivity contribution >= 4 is 11.4 Å². The molecule has 18 heavy (non-hydrogen) atoms. The fraction of sp³-hybridized carbons (Fsp3) is 0.500. The van der Waals surface area contributed by atoms with Gasteiger partial charge in [-0.15, -0.1) is 0 Å². The van der Waals surface area contributed by atoms with Crippen LogP contribution in [0.3, 0.4) is 0 Å². The number of benzene rings is 1.